The van der Waals surface area contributed by atoms with Gasteiger partial charge < -0.3 is 10.8 Å². The molecule has 15 heavy (non-hydrogen) atoms. The van der Waals surface area contributed by atoms with Crippen LogP contribution in [0.4, 0.5) is 5.69 Å². The first-order chi connectivity index (χ1) is 6.66. The number of phenolic OH excluding ortho intramolecular Hbond substituents is 1. The van der Waals surface area contributed by atoms with Crippen molar-refractivity contribution in [3.05, 3.63) is 34.7 Å². The molecule has 0 amide bonds. The molecule has 1 heterocycles. The van der Waals surface area contributed by atoms with Crippen LogP contribution in [-0.2, 0) is 0 Å². The molecule has 2 nitrogen and oxygen atoms in total. The van der Waals surface area contributed by atoms with E-state index in [9.17, 15) is 5.11 Å². The maximum atomic E-state index is 9.64. The average Bonchev–Trinajstić information content (AvgIpc) is 2.51. The van der Waals surface area contributed by atoms with Crippen LogP contribution in [0.3, 0.4) is 0 Å². The van der Waals surface area contributed by atoms with Gasteiger partial charge in [-0.05, 0) is 24.3 Å². The van der Waals surface area contributed by atoms with E-state index in [0.717, 1.165) is 10.4 Å². The van der Waals surface area contributed by atoms with Crippen molar-refractivity contribution in [1.82, 2.24) is 0 Å². The number of hydrogen-bond donors (Lipinski definition) is 2. The summed E-state index contributed by atoms with van der Waals surface area (Å²) in [5, 5.41) is 9.64. The van der Waals surface area contributed by atoms with Gasteiger partial charge in [0.1, 0.15) is 5.75 Å². The quantitative estimate of drug-likeness (QED) is 0.768. The Labute approximate surface area is 103 Å². The number of phenols is 1. The third kappa shape index (κ3) is 2.56. The average molecular weight is 262 g/mol. The monoisotopic (exact) mass is 261 g/mol. The van der Waals surface area contributed by atoms with Crippen LogP contribution in [0, 0.1) is 0 Å². The topological polar surface area (TPSA) is 46.2 Å². The highest BCUT2D eigenvalue weighted by Crippen LogP contribution is 2.36. The summed E-state index contributed by atoms with van der Waals surface area (Å²) in [6.45, 7) is 0. The van der Waals surface area contributed by atoms with Gasteiger partial charge in [0.05, 0.1) is 4.34 Å². The molecule has 0 unspecified atom stereocenters. The Morgan fingerprint density at radius 3 is 2.47 bits per heavy atom. The molecule has 1 aromatic carbocycles. The molecule has 2 rings (SSSR count). The second kappa shape index (κ2) is 4.75. The van der Waals surface area contributed by atoms with E-state index in [1.807, 2.05) is 6.07 Å². The standard InChI is InChI=1S/C10H8ClNOS.ClH/c11-10-4-3-9(14-10)7-2-1-6(12)5-8(7)13;/h1-5,13H,12H2;1H. The van der Waals surface area contributed by atoms with E-state index in [0.29, 0.717) is 10.0 Å². The number of halogens is 2. The molecule has 0 spiro atoms. The maximum absolute atomic E-state index is 9.64. The van der Waals surface area contributed by atoms with Crippen molar-refractivity contribution in [2.24, 2.45) is 0 Å². The zero-order valence-electron chi connectivity index (χ0n) is 7.61. The molecule has 2 aromatic rings. The molecule has 0 aliphatic carbocycles. The lowest BCUT2D eigenvalue weighted by atomic mass is 10.1. The number of nitrogen functional groups attached to an aromatic ring is 1. The molecule has 0 saturated heterocycles. The van der Waals surface area contributed by atoms with Crippen molar-refractivity contribution in [3.8, 4) is 16.2 Å². The predicted molar refractivity (Wildman–Crippen MR) is 68.1 cm³/mol. The highest BCUT2D eigenvalue weighted by atomic mass is 35.5. The van der Waals surface area contributed by atoms with Gasteiger partial charge in [-0.15, -0.1) is 23.7 Å². The second-order valence-electron chi connectivity index (χ2n) is 2.88. The highest BCUT2D eigenvalue weighted by molar-refractivity contribution is 7.19. The lowest BCUT2D eigenvalue weighted by Crippen LogP contribution is -1.83. The van der Waals surface area contributed by atoms with Crippen molar-refractivity contribution in [2.45, 2.75) is 0 Å². The lowest BCUT2D eigenvalue weighted by Gasteiger charge is -2.02. The second-order valence-corrected chi connectivity index (χ2v) is 4.60. The van der Waals surface area contributed by atoms with Gasteiger partial charge in [-0.3, -0.25) is 0 Å². The molecule has 0 bridgehead atoms. The van der Waals surface area contributed by atoms with Gasteiger partial charge in [0, 0.05) is 22.2 Å². The van der Waals surface area contributed by atoms with E-state index in [-0.39, 0.29) is 18.2 Å². The third-order valence-corrected chi connectivity index (χ3v) is 3.12. The first-order valence-corrected chi connectivity index (χ1v) is 5.20. The van der Waals surface area contributed by atoms with Crippen LogP contribution < -0.4 is 5.73 Å². The van der Waals surface area contributed by atoms with E-state index >= 15 is 0 Å². The molecule has 5 heteroatoms. The van der Waals surface area contributed by atoms with E-state index in [4.69, 9.17) is 17.3 Å². The smallest absolute Gasteiger partial charge is 0.126 e. The van der Waals surface area contributed by atoms with Crippen LogP contribution in [0.25, 0.3) is 10.4 Å². The Bertz CT molecular complexity index is 470. The van der Waals surface area contributed by atoms with Crippen LogP contribution in [0.5, 0.6) is 5.75 Å². The van der Waals surface area contributed by atoms with Gasteiger partial charge in [0.25, 0.3) is 0 Å². The molecule has 0 radical (unpaired) electrons. The van der Waals surface area contributed by atoms with E-state index < -0.39 is 0 Å². The Hall–Kier alpha value is -0.900. The van der Waals surface area contributed by atoms with Crippen LogP contribution in [-0.4, -0.2) is 5.11 Å². The molecule has 1 aromatic heterocycles. The van der Waals surface area contributed by atoms with E-state index in [1.165, 1.54) is 17.4 Å². The van der Waals surface area contributed by atoms with Crippen molar-refractivity contribution in [3.63, 3.8) is 0 Å². The summed E-state index contributed by atoms with van der Waals surface area (Å²) in [5.41, 5.74) is 6.84. The van der Waals surface area contributed by atoms with Gasteiger partial charge in [-0.25, -0.2) is 0 Å². The fourth-order valence-corrected chi connectivity index (χ4v) is 2.29. The summed E-state index contributed by atoms with van der Waals surface area (Å²) in [6.07, 6.45) is 0. The summed E-state index contributed by atoms with van der Waals surface area (Å²) in [5.74, 6) is 0.184. The van der Waals surface area contributed by atoms with Crippen molar-refractivity contribution < 1.29 is 5.11 Å². The van der Waals surface area contributed by atoms with Gasteiger partial charge >= 0.3 is 0 Å². The first-order valence-electron chi connectivity index (χ1n) is 4.01. The minimum Gasteiger partial charge on any atom is -0.507 e. The van der Waals surface area contributed by atoms with Crippen LogP contribution >= 0.6 is 35.3 Å². The Morgan fingerprint density at radius 1 is 1.20 bits per heavy atom. The fraction of sp³-hybridized carbons (Fsp3) is 0. The Morgan fingerprint density at radius 2 is 1.93 bits per heavy atom. The summed E-state index contributed by atoms with van der Waals surface area (Å²) in [7, 11) is 0. The minimum absolute atomic E-state index is 0. The van der Waals surface area contributed by atoms with Crippen molar-refractivity contribution in [2.75, 3.05) is 5.73 Å². The predicted octanol–water partition coefficient (Wildman–Crippen LogP) is 3.78. The molecule has 0 atom stereocenters. The van der Waals surface area contributed by atoms with Crippen LogP contribution in [0.1, 0.15) is 0 Å². The molecule has 0 aliphatic rings. The van der Waals surface area contributed by atoms with Crippen molar-refractivity contribution >= 4 is 41.0 Å². The molecule has 0 fully saturated rings. The number of anilines is 1. The number of rotatable bonds is 1. The highest BCUT2D eigenvalue weighted by Gasteiger charge is 2.06. The van der Waals surface area contributed by atoms with Crippen LogP contribution in [0.2, 0.25) is 4.34 Å². The first kappa shape index (κ1) is 12.2. The lowest BCUT2D eigenvalue weighted by molar-refractivity contribution is 0.478. The minimum atomic E-state index is 0. The molecular weight excluding hydrogens is 253 g/mol. The number of hydrogen-bond acceptors (Lipinski definition) is 3. The normalized spacial score (nSPS) is 9.67. The summed E-state index contributed by atoms with van der Waals surface area (Å²) >= 11 is 7.23. The third-order valence-electron chi connectivity index (χ3n) is 1.86. The van der Waals surface area contributed by atoms with Gasteiger partial charge in [0.2, 0.25) is 0 Å². The van der Waals surface area contributed by atoms with Gasteiger partial charge in [-0.1, -0.05) is 11.6 Å². The molecule has 0 aliphatic heterocycles. The zero-order valence-corrected chi connectivity index (χ0v) is 9.99. The van der Waals surface area contributed by atoms with Gasteiger partial charge in [0.15, 0.2) is 0 Å². The summed E-state index contributed by atoms with van der Waals surface area (Å²) in [4.78, 5) is 0.938. The molecule has 80 valence electrons. The number of thiophene rings is 1. The Kier molecular flexibility index (Phi) is 3.85. The SMILES string of the molecule is Cl.Nc1ccc(-c2ccc(Cl)s2)c(O)c1. The van der Waals surface area contributed by atoms with E-state index in [1.54, 1.807) is 18.2 Å². The Balaban J connectivity index is 0.00000112. The van der Waals surface area contributed by atoms with Crippen molar-refractivity contribution in [1.29, 1.82) is 0 Å². The maximum Gasteiger partial charge on any atom is 0.126 e. The fourth-order valence-electron chi connectivity index (χ4n) is 1.22. The summed E-state index contributed by atoms with van der Waals surface area (Å²) in [6, 6.07) is 8.74. The van der Waals surface area contributed by atoms with Gasteiger partial charge in [-0.2, -0.15) is 0 Å². The van der Waals surface area contributed by atoms with E-state index in [2.05, 4.69) is 0 Å². The molecule has 3 N–H and O–H groups in total. The number of nitrogens with two attached hydrogens (primary N) is 1. The number of benzene rings is 1. The number of aromatic hydroxyl groups is 1. The van der Waals surface area contributed by atoms with Crippen LogP contribution in [0.15, 0.2) is 30.3 Å². The molecular formula is C10H9Cl2NOS. The largest absolute Gasteiger partial charge is 0.507 e. The summed E-state index contributed by atoms with van der Waals surface area (Å²) < 4.78 is 0.705. The molecule has 0 saturated carbocycles. The zero-order chi connectivity index (χ0) is 10.1.